The van der Waals surface area contributed by atoms with E-state index in [0.717, 1.165) is 25.9 Å². The van der Waals surface area contributed by atoms with Gasteiger partial charge in [0.2, 0.25) is 0 Å². The molecule has 19 heavy (non-hydrogen) atoms. The molecular weight excluding hydrogens is 234 g/mol. The van der Waals surface area contributed by atoms with Crippen molar-refractivity contribution in [3.8, 4) is 5.75 Å². The summed E-state index contributed by atoms with van der Waals surface area (Å²) in [5.74, 6) is 1.02. The van der Waals surface area contributed by atoms with E-state index < -0.39 is 0 Å². The number of hydrogen-bond donors (Lipinski definition) is 1. The summed E-state index contributed by atoms with van der Waals surface area (Å²) >= 11 is 0. The van der Waals surface area contributed by atoms with E-state index in [4.69, 9.17) is 0 Å². The van der Waals surface area contributed by atoms with Crippen molar-refractivity contribution in [1.82, 2.24) is 4.90 Å². The Morgan fingerprint density at radius 3 is 3.05 bits per heavy atom. The highest BCUT2D eigenvalue weighted by atomic mass is 16.3. The van der Waals surface area contributed by atoms with Crippen molar-refractivity contribution in [1.29, 1.82) is 0 Å². The summed E-state index contributed by atoms with van der Waals surface area (Å²) in [7, 11) is 0. The third-order valence-corrected chi connectivity index (χ3v) is 5.47. The van der Waals surface area contributed by atoms with E-state index in [9.17, 15) is 5.11 Å². The van der Waals surface area contributed by atoms with E-state index in [-0.39, 0.29) is 5.41 Å². The molecule has 1 fully saturated rings. The number of aromatic hydroxyl groups is 1. The van der Waals surface area contributed by atoms with Crippen molar-refractivity contribution >= 4 is 0 Å². The van der Waals surface area contributed by atoms with E-state index in [0.29, 0.717) is 17.7 Å². The summed E-state index contributed by atoms with van der Waals surface area (Å²) in [6, 6.07) is 6.53. The van der Waals surface area contributed by atoms with Crippen LogP contribution in [0.3, 0.4) is 0 Å². The van der Waals surface area contributed by atoms with Gasteiger partial charge in [-0.15, -0.1) is 6.58 Å². The molecule has 2 nitrogen and oxygen atoms in total. The predicted octanol–water partition coefficient (Wildman–Crippen LogP) is 3.10. The predicted molar refractivity (Wildman–Crippen MR) is 78.5 cm³/mol. The SMILES string of the molecule is C=CCN1CC[C@@]2(C)c3cc(O)ccc3C[C@H]1C2C. The van der Waals surface area contributed by atoms with Crippen LogP contribution in [0.4, 0.5) is 0 Å². The number of benzene rings is 1. The summed E-state index contributed by atoms with van der Waals surface area (Å²) in [6.07, 6.45) is 4.27. The summed E-state index contributed by atoms with van der Waals surface area (Å²) in [6.45, 7) is 10.7. The largest absolute Gasteiger partial charge is 0.508 e. The van der Waals surface area contributed by atoms with Crippen LogP contribution in [0.1, 0.15) is 31.4 Å². The Morgan fingerprint density at radius 1 is 1.53 bits per heavy atom. The number of phenolic OH excluding ortho intramolecular Hbond substituents is 1. The van der Waals surface area contributed by atoms with Crippen LogP contribution < -0.4 is 0 Å². The number of likely N-dealkylation sites (tertiary alicyclic amines) is 1. The average molecular weight is 257 g/mol. The molecule has 2 aliphatic rings. The van der Waals surface area contributed by atoms with E-state index in [1.165, 1.54) is 11.1 Å². The number of piperidine rings is 1. The molecule has 2 heteroatoms. The normalized spacial score (nSPS) is 33.8. The fourth-order valence-electron chi connectivity index (χ4n) is 4.09. The highest BCUT2D eigenvalue weighted by Gasteiger charge is 2.48. The van der Waals surface area contributed by atoms with Gasteiger partial charge in [-0.1, -0.05) is 26.0 Å². The Bertz CT molecular complexity index is 510. The number of hydrogen-bond acceptors (Lipinski definition) is 2. The lowest BCUT2D eigenvalue weighted by molar-refractivity contribution is 0.0398. The standard InChI is InChI=1S/C17H23NO/c1-4-8-18-9-7-17(3)12(2)16(18)10-13-5-6-14(19)11-15(13)17/h4-6,11-12,16,19H,1,7-10H2,2-3H3/t12?,16-,17+/m0/s1. The minimum absolute atomic E-state index is 0.203. The van der Waals surface area contributed by atoms with Crippen LogP contribution in [0.25, 0.3) is 0 Å². The molecule has 0 amide bonds. The third-order valence-electron chi connectivity index (χ3n) is 5.47. The highest BCUT2D eigenvalue weighted by molar-refractivity contribution is 5.44. The zero-order valence-corrected chi connectivity index (χ0v) is 11.9. The zero-order valence-electron chi connectivity index (χ0n) is 11.9. The maximum atomic E-state index is 9.80. The number of fused-ring (bicyclic) bond motifs is 4. The summed E-state index contributed by atoms with van der Waals surface area (Å²) in [5.41, 5.74) is 2.99. The zero-order chi connectivity index (χ0) is 13.6. The fraction of sp³-hybridized carbons (Fsp3) is 0.529. The lowest BCUT2D eigenvalue weighted by Crippen LogP contribution is -2.57. The van der Waals surface area contributed by atoms with Crippen molar-refractivity contribution in [3.63, 3.8) is 0 Å². The first kappa shape index (κ1) is 12.7. The van der Waals surface area contributed by atoms with Crippen LogP contribution >= 0.6 is 0 Å². The second kappa shape index (κ2) is 4.38. The molecule has 1 aromatic carbocycles. The molecule has 3 rings (SSSR count). The third kappa shape index (κ3) is 1.81. The van der Waals surface area contributed by atoms with Gasteiger partial charge in [0.25, 0.3) is 0 Å². The van der Waals surface area contributed by atoms with Crippen molar-refractivity contribution in [2.75, 3.05) is 13.1 Å². The quantitative estimate of drug-likeness (QED) is 0.823. The Hall–Kier alpha value is -1.28. The second-order valence-corrected chi connectivity index (χ2v) is 6.35. The first-order valence-corrected chi connectivity index (χ1v) is 7.23. The first-order chi connectivity index (χ1) is 9.06. The van der Waals surface area contributed by atoms with Crippen LogP contribution in [0.2, 0.25) is 0 Å². The maximum Gasteiger partial charge on any atom is 0.115 e. The maximum absolute atomic E-state index is 9.80. The molecule has 0 aromatic heterocycles. The van der Waals surface area contributed by atoms with Crippen molar-refractivity contribution < 1.29 is 5.11 Å². The van der Waals surface area contributed by atoms with Crippen molar-refractivity contribution in [2.45, 2.75) is 38.1 Å². The highest BCUT2D eigenvalue weighted by Crippen LogP contribution is 2.49. The van der Waals surface area contributed by atoms with Gasteiger partial charge >= 0.3 is 0 Å². The van der Waals surface area contributed by atoms with Gasteiger partial charge in [0.15, 0.2) is 0 Å². The lowest BCUT2D eigenvalue weighted by Gasteiger charge is -2.54. The Kier molecular flexibility index (Phi) is 2.94. The molecule has 1 unspecified atom stereocenters. The van der Waals surface area contributed by atoms with Crippen LogP contribution in [-0.4, -0.2) is 29.1 Å². The molecule has 1 aliphatic heterocycles. The Morgan fingerprint density at radius 2 is 2.32 bits per heavy atom. The minimum atomic E-state index is 0.203. The van der Waals surface area contributed by atoms with Gasteiger partial charge < -0.3 is 5.11 Å². The molecule has 1 saturated heterocycles. The lowest BCUT2D eigenvalue weighted by atomic mass is 9.59. The van der Waals surface area contributed by atoms with E-state index in [1.807, 2.05) is 18.2 Å². The molecule has 0 radical (unpaired) electrons. The molecule has 1 aromatic rings. The molecule has 1 N–H and O–H groups in total. The van der Waals surface area contributed by atoms with Gasteiger partial charge in [-0.05, 0) is 54.0 Å². The van der Waals surface area contributed by atoms with Crippen molar-refractivity contribution in [2.24, 2.45) is 5.92 Å². The fourth-order valence-corrected chi connectivity index (χ4v) is 4.09. The van der Waals surface area contributed by atoms with Gasteiger partial charge in [-0.2, -0.15) is 0 Å². The van der Waals surface area contributed by atoms with Gasteiger partial charge in [0.05, 0.1) is 0 Å². The summed E-state index contributed by atoms with van der Waals surface area (Å²) < 4.78 is 0. The molecule has 1 heterocycles. The van der Waals surface area contributed by atoms with Crippen LogP contribution in [0.5, 0.6) is 5.75 Å². The molecule has 102 valence electrons. The monoisotopic (exact) mass is 257 g/mol. The average Bonchev–Trinajstić information content (AvgIpc) is 2.38. The Balaban J connectivity index is 2.06. The minimum Gasteiger partial charge on any atom is -0.508 e. The van der Waals surface area contributed by atoms with Crippen LogP contribution in [0, 0.1) is 5.92 Å². The molecule has 0 saturated carbocycles. The summed E-state index contributed by atoms with van der Waals surface area (Å²) in [5, 5.41) is 9.80. The van der Waals surface area contributed by atoms with Crippen LogP contribution in [-0.2, 0) is 11.8 Å². The molecule has 1 aliphatic carbocycles. The molecule has 3 atom stereocenters. The van der Waals surface area contributed by atoms with E-state index in [2.05, 4.69) is 31.4 Å². The van der Waals surface area contributed by atoms with E-state index in [1.54, 1.807) is 0 Å². The van der Waals surface area contributed by atoms with Crippen molar-refractivity contribution in [3.05, 3.63) is 42.0 Å². The van der Waals surface area contributed by atoms with Crippen LogP contribution in [0.15, 0.2) is 30.9 Å². The topological polar surface area (TPSA) is 23.5 Å². The second-order valence-electron chi connectivity index (χ2n) is 6.35. The number of rotatable bonds is 2. The molecular formula is C17H23NO. The Labute approximate surface area is 115 Å². The number of phenols is 1. The van der Waals surface area contributed by atoms with Gasteiger partial charge in [-0.3, -0.25) is 4.90 Å². The van der Waals surface area contributed by atoms with E-state index >= 15 is 0 Å². The first-order valence-electron chi connectivity index (χ1n) is 7.23. The van der Waals surface area contributed by atoms with Gasteiger partial charge in [0.1, 0.15) is 5.75 Å². The summed E-state index contributed by atoms with van der Waals surface area (Å²) in [4.78, 5) is 2.56. The number of nitrogens with zero attached hydrogens (tertiary/aromatic N) is 1. The smallest absolute Gasteiger partial charge is 0.115 e. The molecule has 0 spiro atoms. The van der Waals surface area contributed by atoms with Gasteiger partial charge in [-0.25, -0.2) is 0 Å². The molecule has 2 bridgehead atoms. The van der Waals surface area contributed by atoms with Gasteiger partial charge in [0, 0.05) is 12.6 Å².